The summed E-state index contributed by atoms with van der Waals surface area (Å²) < 4.78 is 6.58. The van der Waals surface area contributed by atoms with Gasteiger partial charge in [0.25, 0.3) is 0 Å². The number of aryl methyl sites for hydroxylation is 1. The highest BCUT2D eigenvalue weighted by atomic mass is 32.1. The maximum atomic E-state index is 12.4. The van der Waals surface area contributed by atoms with E-state index in [0.717, 1.165) is 34.7 Å². The van der Waals surface area contributed by atoms with Gasteiger partial charge in [-0.15, -0.1) is 0 Å². The van der Waals surface area contributed by atoms with Crippen molar-refractivity contribution in [3.63, 3.8) is 0 Å². The molecule has 0 radical (unpaired) electrons. The van der Waals surface area contributed by atoms with E-state index < -0.39 is 5.41 Å². The van der Waals surface area contributed by atoms with Gasteiger partial charge >= 0.3 is 12.0 Å². The second-order valence-electron chi connectivity index (χ2n) is 6.57. The molecular weight excluding hydrogens is 378 g/mol. The van der Waals surface area contributed by atoms with E-state index in [-0.39, 0.29) is 12.0 Å². The third-order valence-electron chi connectivity index (χ3n) is 4.68. The van der Waals surface area contributed by atoms with Gasteiger partial charge in [0, 0.05) is 18.6 Å². The molecule has 1 saturated carbocycles. The lowest BCUT2D eigenvalue weighted by Gasteiger charge is -2.14. The minimum Gasteiger partial charge on any atom is -0.465 e. The zero-order chi connectivity index (χ0) is 19.7. The van der Waals surface area contributed by atoms with Gasteiger partial charge in [0.1, 0.15) is 11.7 Å². The van der Waals surface area contributed by atoms with Crippen LogP contribution in [-0.4, -0.2) is 38.1 Å². The molecule has 1 N–H and O–H groups in total. The smallest absolute Gasteiger partial charge is 0.333 e. The second-order valence-corrected chi connectivity index (χ2v) is 7.57. The number of nitrogens with one attached hydrogen (secondary N) is 1. The maximum absolute atomic E-state index is 12.4. The Morgan fingerprint density at radius 1 is 1.36 bits per heavy atom. The van der Waals surface area contributed by atoms with Crippen molar-refractivity contribution >= 4 is 28.5 Å². The summed E-state index contributed by atoms with van der Waals surface area (Å²) in [5.41, 5.74) is 1.81. The normalized spacial score (nSPS) is 14.5. The lowest BCUT2D eigenvalue weighted by atomic mass is 10.00. The number of carbonyl (C=O) groups excluding carboxylic acids is 2. The summed E-state index contributed by atoms with van der Waals surface area (Å²) in [6.07, 6.45) is 7.72. The first-order valence-electron chi connectivity index (χ1n) is 8.94. The van der Waals surface area contributed by atoms with Crippen molar-refractivity contribution in [2.75, 3.05) is 11.9 Å². The Morgan fingerprint density at radius 3 is 2.86 bits per heavy atom. The Labute approximate surface area is 165 Å². The molecule has 0 aromatic carbocycles. The minimum absolute atomic E-state index is 0.214. The number of ether oxygens (including phenoxy) is 1. The number of nitrogens with zero attached hydrogens (tertiary/aromatic N) is 4. The van der Waals surface area contributed by atoms with Gasteiger partial charge in [0.15, 0.2) is 5.13 Å². The third kappa shape index (κ3) is 3.29. The number of amides is 1. The molecule has 9 heteroatoms. The fourth-order valence-corrected chi connectivity index (χ4v) is 4.00. The fraction of sp³-hybridized carbons (Fsp3) is 0.316. The van der Waals surface area contributed by atoms with Crippen LogP contribution in [0.2, 0.25) is 0 Å². The Bertz CT molecular complexity index is 1020. The molecule has 0 spiro atoms. The molecule has 144 valence electrons. The molecule has 0 unspecified atom stereocenters. The van der Waals surface area contributed by atoms with Crippen LogP contribution in [0.15, 0.2) is 37.1 Å². The number of carbonyl (C=O) groups is 2. The zero-order valence-corrected chi connectivity index (χ0v) is 16.3. The van der Waals surface area contributed by atoms with Crippen LogP contribution in [0.5, 0.6) is 0 Å². The molecule has 28 heavy (non-hydrogen) atoms. The molecule has 1 aliphatic carbocycles. The molecule has 8 nitrogen and oxygen atoms in total. The van der Waals surface area contributed by atoms with Crippen LogP contribution in [0.25, 0.3) is 10.4 Å². The van der Waals surface area contributed by atoms with Gasteiger partial charge in [0.05, 0.1) is 22.9 Å². The minimum atomic E-state index is -0.622. The van der Waals surface area contributed by atoms with E-state index >= 15 is 0 Å². The number of imidazole rings is 1. The van der Waals surface area contributed by atoms with Gasteiger partial charge in [0.2, 0.25) is 0 Å². The summed E-state index contributed by atoms with van der Waals surface area (Å²) >= 11 is 1.38. The topological polar surface area (TPSA) is 99.0 Å². The quantitative estimate of drug-likeness (QED) is 0.663. The van der Waals surface area contributed by atoms with E-state index in [9.17, 15) is 9.59 Å². The molecule has 0 saturated heterocycles. The summed E-state index contributed by atoms with van der Waals surface area (Å²) in [6, 6.07) is 3.48. The number of rotatable bonds is 5. The van der Waals surface area contributed by atoms with Crippen molar-refractivity contribution in [2.45, 2.75) is 32.1 Å². The highest BCUT2D eigenvalue weighted by Gasteiger charge is 2.54. The average Bonchev–Trinajstić information content (AvgIpc) is 3.15. The SMILES string of the molecule is CCOC(=O)C1(c2cc(-c3sc(NC(=O)n4ccnc4)nc3C)ccn2)CC1. The van der Waals surface area contributed by atoms with Crippen LogP contribution >= 0.6 is 11.3 Å². The molecule has 0 aliphatic heterocycles. The first-order valence-corrected chi connectivity index (χ1v) is 9.76. The highest BCUT2D eigenvalue weighted by molar-refractivity contribution is 7.19. The number of aromatic nitrogens is 4. The first-order chi connectivity index (χ1) is 13.5. The Balaban J connectivity index is 1.59. The van der Waals surface area contributed by atoms with Gasteiger partial charge in [-0.2, -0.15) is 0 Å². The van der Waals surface area contributed by atoms with Crippen molar-refractivity contribution in [3.8, 4) is 10.4 Å². The van der Waals surface area contributed by atoms with E-state index in [1.165, 1.54) is 28.4 Å². The van der Waals surface area contributed by atoms with Gasteiger partial charge in [-0.05, 0) is 44.4 Å². The fourth-order valence-electron chi connectivity index (χ4n) is 3.05. The lowest BCUT2D eigenvalue weighted by molar-refractivity contribution is -0.146. The van der Waals surface area contributed by atoms with E-state index in [1.807, 2.05) is 19.1 Å². The summed E-state index contributed by atoms with van der Waals surface area (Å²) in [5.74, 6) is -0.214. The third-order valence-corrected chi connectivity index (χ3v) is 5.80. The van der Waals surface area contributed by atoms with Gasteiger partial charge in [-0.3, -0.25) is 19.7 Å². The Kier molecular flexibility index (Phi) is 4.68. The molecule has 3 aromatic heterocycles. The van der Waals surface area contributed by atoms with Gasteiger partial charge < -0.3 is 4.74 Å². The predicted octanol–water partition coefficient (Wildman–Crippen LogP) is 3.38. The van der Waals surface area contributed by atoms with Gasteiger partial charge in [-0.25, -0.2) is 14.8 Å². The Morgan fingerprint density at radius 2 is 2.18 bits per heavy atom. The van der Waals surface area contributed by atoms with Gasteiger partial charge in [-0.1, -0.05) is 11.3 Å². The van der Waals surface area contributed by atoms with Crippen LogP contribution in [-0.2, 0) is 14.9 Å². The monoisotopic (exact) mass is 397 g/mol. The van der Waals surface area contributed by atoms with Crippen molar-refractivity contribution in [1.82, 2.24) is 19.5 Å². The van der Waals surface area contributed by atoms with Crippen molar-refractivity contribution in [1.29, 1.82) is 0 Å². The van der Waals surface area contributed by atoms with E-state index in [1.54, 1.807) is 19.3 Å². The number of anilines is 1. The summed E-state index contributed by atoms with van der Waals surface area (Å²) in [5, 5.41) is 3.27. The maximum Gasteiger partial charge on any atom is 0.333 e. The molecule has 0 atom stereocenters. The number of hydrogen-bond acceptors (Lipinski definition) is 7. The second kappa shape index (κ2) is 7.16. The largest absolute Gasteiger partial charge is 0.465 e. The van der Waals surface area contributed by atoms with Crippen LogP contribution in [0.4, 0.5) is 9.93 Å². The van der Waals surface area contributed by atoms with Crippen molar-refractivity contribution in [3.05, 3.63) is 48.4 Å². The molecular formula is C19H19N5O3S. The van der Waals surface area contributed by atoms with Crippen molar-refractivity contribution in [2.24, 2.45) is 0 Å². The van der Waals surface area contributed by atoms with Crippen LogP contribution in [0.3, 0.4) is 0 Å². The molecule has 4 rings (SSSR count). The molecule has 1 amide bonds. The van der Waals surface area contributed by atoms with Crippen LogP contribution in [0, 0.1) is 6.92 Å². The Hall–Kier alpha value is -3.07. The molecule has 0 bridgehead atoms. The van der Waals surface area contributed by atoms with Crippen LogP contribution < -0.4 is 5.32 Å². The number of thiazole rings is 1. The summed E-state index contributed by atoms with van der Waals surface area (Å²) in [4.78, 5) is 38.2. The van der Waals surface area contributed by atoms with E-state index in [0.29, 0.717) is 11.7 Å². The summed E-state index contributed by atoms with van der Waals surface area (Å²) in [7, 11) is 0. The summed E-state index contributed by atoms with van der Waals surface area (Å²) in [6.45, 7) is 4.05. The average molecular weight is 397 g/mol. The van der Waals surface area contributed by atoms with E-state index in [2.05, 4.69) is 20.3 Å². The van der Waals surface area contributed by atoms with Crippen molar-refractivity contribution < 1.29 is 14.3 Å². The number of pyridine rings is 1. The lowest BCUT2D eigenvalue weighted by Crippen LogP contribution is -2.24. The molecule has 1 fully saturated rings. The zero-order valence-electron chi connectivity index (χ0n) is 15.5. The number of hydrogen-bond donors (Lipinski definition) is 1. The predicted molar refractivity (Wildman–Crippen MR) is 104 cm³/mol. The van der Waals surface area contributed by atoms with E-state index in [4.69, 9.17) is 4.74 Å². The molecule has 3 aromatic rings. The molecule has 3 heterocycles. The standard InChI is InChI=1S/C19H19N5O3S/c1-3-27-16(25)19(5-6-19)14-10-13(4-7-21-14)15-12(2)22-17(28-15)23-18(26)24-9-8-20-11-24/h4,7-11H,3,5-6H2,1-2H3,(H,22,23,26). The van der Waals surface area contributed by atoms with Crippen LogP contribution in [0.1, 0.15) is 31.2 Å². The number of esters is 1. The molecule has 1 aliphatic rings. The highest BCUT2D eigenvalue weighted by Crippen LogP contribution is 2.49. The first kappa shape index (κ1) is 18.3.